The van der Waals surface area contributed by atoms with Crippen molar-refractivity contribution in [3.05, 3.63) is 44.9 Å². The highest BCUT2D eigenvalue weighted by Gasteiger charge is 2.17. The summed E-state index contributed by atoms with van der Waals surface area (Å²) in [6, 6.07) is 4.85. The number of hydrogen-bond acceptors (Lipinski definition) is 4. The Morgan fingerprint density at radius 3 is 2.68 bits per heavy atom. The van der Waals surface area contributed by atoms with Gasteiger partial charge in [0.1, 0.15) is 4.90 Å². The molecule has 102 valence electrons. The maximum absolute atomic E-state index is 12.1. The van der Waals surface area contributed by atoms with Gasteiger partial charge in [-0.2, -0.15) is 0 Å². The Morgan fingerprint density at radius 1 is 1.37 bits per heavy atom. The van der Waals surface area contributed by atoms with Crippen molar-refractivity contribution in [2.45, 2.75) is 25.3 Å². The fraction of sp³-hybridized carbons (Fsp3) is 0.250. The van der Waals surface area contributed by atoms with Gasteiger partial charge in [0.2, 0.25) is 10.0 Å². The van der Waals surface area contributed by atoms with Gasteiger partial charge in [-0.05, 0) is 31.5 Å². The Kier molecular flexibility index (Phi) is 4.25. The number of aromatic nitrogens is 1. The maximum Gasteiger partial charge on any atom is 0.242 e. The first-order valence-corrected chi connectivity index (χ1v) is 8.29. The molecular formula is C12H13ClN2O2S2. The number of nitrogens with zero attached hydrogens (tertiary/aromatic N) is 1. The van der Waals surface area contributed by atoms with Crippen LogP contribution in [0.5, 0.6) is 0 Å². The number of halogens is 1. The molecule has 0 bridgehead atoms. The number of rotatable bonds is 4. The lowest BCUT2D eigenvalue weighted by molar-refractivity contribution is 0.580. The Hall–Kier alpha value is -0.950. The summed E-state index contributed by atoms with van der Waals surface area (Å²) in [5, 5.41) is 2.96. The first-order valence-electron chi connectivity index (χ1n) is 5.55. The van der Waals surface area contributed by atoms with Gasteiger partial charge in [0.15, 0.2) is 0 Å². The molecule has 0 aliphatic rings. The fourth-order valence-corrected chi connectivity index (χ4v) is 3.77. The molecule has 2 rings (SSSR count). The lowest BCUT2D eigenvalue weighted by Gasteiger charge is -2.07. The fourth-order valence-electron chi connectivity index (χ4n) is 1.56. The van der Waals surface area contributed by atoms with E-state index in [1.54, 1.807) is 12.1 Å². The van der Waals surface area contributed by atoms with Crippen LogP contribution in [0.1, 0.15) is 16.3 Å². The van der Waals surface area contributed by atoms with Crippen LogP contribution in [0, 0.1) is 13.8 Å². The summed E-state index contributed by atoms with van der Waals surface area (Å²) in [4.78, 5) is 4.29. The minimum atomic E-state index is -3.61. The predicted molar refractivity (Wildman–Crippen MR) is 77.1 cm³/mol. The molecular weight excluding hydrogens is 304 g/mol. The molecule has 0 atom stereocenters. The highest BCUT2D eigenvalue weighted by atomic mass is 35.5. The first-order chi connectivity index (χ1) is 8.88. The quantitative estimate of drug-likeness (QED) is 0.943. The third-order valence-corrected chi connectivity index (χ3v) is 5.19. The summed E-state index contributed by atoms with van der Waals surface area (Å²) in [6.07, 6.45) is 0. The number of sulfonamides is 1. The number of benzene rings is 1. The van der Waals surface area contributed by atoms with Crippen molar-refractivity contribution >= 4 is 33.0 Å². The minimum absolute atomic E-state index is 0.0896. The molecule has 0 aliphatic carbocycles. The van der Waals surface area contributed by atoms with Crippen LogP contribution < -0.4 is 4.72 Å². The topological polar surface area (TPSA) is 59.1 Å². The smallest absolute Gasteiger partial charge is 0.242 e. The first kappa shape index (κ1) is 14.5. The van der Waals surface area contributed by atoms with E-state index in [-0.39, 0.29) is 16.5 Å². The highest BCUT2D eigenvalue weighted by Crippen LogP contribution is 2.22. The van der Waals surface area contributed by atoms with Gasteiger partial charge in [-0.15, -0.1) is 11.3 Å². The van der Waals surface area contributed by atoms with Gasteiger partial charge in [-0.3, -0.25) is 0 Å². The van der Waals surface area contributed by atoms with Gasteiger partial charge in [-0.25, -0.2) is 18.1 Å². The van der Waals surface area contributed by atoms with Crippen molar-refractivity contribution in [3.63, 3.8) is 0 Å². The van der Waals surface area contributed by atoms with E-state index in [4.69, 9.17) is 11.6 Å². The summed E-state index contributed by atoms with van der Waals surface area (Å²) in [6.45, 7) is 3.89. The summed E-state index contributed by atoms with van der Waals surface area (Å²) < 4.78 is 26.7. The average Bonchev–Trinajstić information content (AvgIpc) is 2.72. The average molecular weight is 317 g/mol. The SMILES string of the molecule is Cc1ccc(S(=O)(=O)NCc2csc(C)n2)c(Cl)c1. The molecule has 0 unspecified atom stereocenters. The molecule has 0 saturated carbocycles. The van der Waals surface area contributed by atoms with E-state index in [1.807, 2.05) is 19.2 Å². The Labute approximate surface area is 121 Å². The number of thiazole rings is 1. The Balaban J connectivity index is 2.18. The third kappa shape index (κ3) is 3.54. The van der Waals surface area contributed by atoms with Crippen molar-refractivity contribution in [2.75, 3.05) is 0 Å². The maximum atomic E-state index is 12.1. The third-order valence-electron chi connectivity index (χ3n) is 2.49. The Bertz CT molecular complexity index is 696. The van der Waals surface area contributed by atoms with Crippen molar-refractivity contribution in [1.82, 2.24) is 9.71 Å². The van der Waals surface area contributed by atoms with Crippen molar-refractivity contribution in [1.29, 1.82) is 0 Å². The number of hydrogen-bond donors (Lipinski definition) is 1. The van der Waals surface area contributed by atoms with Crippen molar-refractivity contribution in [3.8, 4) is 0 Å². The molecule has 0 radical (unpaired) electrons. The second-order valence-corrected chi connectivity index (χ2v) is 7.32. The second kappa shape index (κ2) is 5.58. The summed E-state index contributed by atoms with van der Waals surface area (Å²) in [7, 11) is -3.61. The second-order valence-electron chi connectivity index (χ2n) is 4.12. The molecule has 1 N–H and O–H groups in total. The molecule has 0 amide bonds. The van der Waals surface area contributed by atoms with E-state index in [0.717, 1.165) is 10.6 Å². The van der Waals surface area contributed by atoms with Crippen LogP contribution in [0.3, 0.4) is 0 Å². The van der Waals surface area contributed by atoms with E-state index in [9.17, 15) is 8.42 Å². The molecule has 19 heavy (non-hydrogen) atoms. The molecule has 1 aromatic heterocycles. The molecule has 1 heterocycles. The van der Waals surface area contributed by atoms with Crippen LogP contribution in [-0.2, 0) is 16.6 Å². The minimum Gasteiger partial charge on any atom is -0.245 e. The van der Waals surface area contributed by atoms with E-state index < -0.39 is 10.0 Å². The summed E-state index contributed by atoms with van der Waals surface area (Å²) >= 11 is 7.45. The predicted octanol–water partition coefficient (Wildman–Crippen LogP) is 2.89. The van der Waals surface area contributed by atoms with Gasteiger partial charge in [0.25, 0.3) is 0 Å². The van der Waals surface area contributed by atoms with Gasteiger partial charge in [-0.1, -0.05) is 17.7 Å². The number of nitrogens with one attached hydrogen (secondary N) is 1. The molecule has 0 aliphatic heterocycles. The highest BCUT2D eigenvalue weighted by molar-refractivity contribution is 7.89. The van der Waals surface area contributed by atoms with Crippen molar-refractivity contribution in [2.24, 2.45) is 0 Å². The lowest BCUT2D eigenvalue weighted by Crippen LogP contribution is -2.23. The summed E-state index contributed by atoms with van der Waals surface area (Å²) in [5.74, 6) is 0. The number of aryl methyl sites for hydroxylation is 2. The van der Waals surface area contributed by atoms with Crippen LogP contribution in [0.2, 0.25) is 5.02 Å². The monoisotopic (exact) mass is 316 g/mol. The molecule has 0 spiro atoms. The van der Waals surface area contributed by atoms with Gasteiger partial charge in [0.05, 0.1) is 22.3 Å². The van der Waals surface area contributed by atoms with Crippen LogP contribution >= 0.6 is 22.9 Å². The zero-order chi connectivity index (χ0) is 14.0. The van der Waals surface area contributed by atoms with Crippen LogP contribution in [0.25, 0.3) is 0 Å². The van der Waals surface area contributed by atoms with Crippen LogP contribution in [0.4, 0.5) is 0 Å². The molecule has 0 saturated heterocycles. The lowest BCUT2D eigenvalue weighted by atomic mass is 10.2. The zero-order valence-corrected chi connectivity index (χ0v) is 12.9. The van der Waals surface area contributed by atoms with E-state index >= 15 is 0 Å². The largest absolute Gasteiger partial charge is 0.245 e. The van der Waals surface area contributed by atoms with Crippen LogP contribution in [-0.4, -0.2) is 13.4 Å². The summed E-state index contributed by atoms with van der Waals surface area (Å²) in [5.41, 5.74) is 1.62. The van der Waals surface area contributed by atoms with Gasteiger partial charge in [0, 0.05) is 5.38 Å². The molecule has 7 heteroatoms. The zero-order valence-electron chi connectivity index (χ0n) is 10.5. The van der Waals surface area contributed by atoms with Gasteiger partial charge >= 0.3 is 0 Å². The molecule has 1 aromatic carbocycles. The van der Waals surface area contributed by atoms with E-state index in [0.29, 0.717) is 5.69 Å². The molecule has 0 fully saturated rings. The standard InChI is InChI=1S/C12H13ClN2O2S2/c1-8-3-4-12(11(13)5-8)19(16,17)14-6-10-7-18-9(2)15-10/h3-5,7,14H,6H2,1-2H3. The Morgan fingerprint density at radius 2 is 2.11 bits per heavy atom. The normalized spacial score (nSPS) is 11.7. The molecule has 2 aromatic rings. The van der Waals surface area contributed by atoms with Gasteiger partial charge < -0.3 is 0 Å². The van der Waals surface area contributed by atoms with E-state index in [2.05, 4.69) is 9.71 Å². The van der Waals surface area contributed by atoms with E-state index in [1.165, 1.54) is 17.4 Å². The molecule has 4 nitrogen and oxygen atoms in total. The van der Waals surface area contributed by atoms with Crippen LogP contribution in [0.15, 0.2) is 28.5 Å². The van der Waals surface area contributed by atoms with Crippen molar-refractivity contribution < 1.29 is 8.42 Å².